The van der Waals surface area contributed by atoms with Gasteiger partial charge in [0.2, 0.25) is 5.91 Å². The molecule has 0 saturated heterocycles. The van der Waals surface area contributed by atoms with Gasteiger partial charge in [0.25, 0.3) is 0 Å². The van der Waals surface area contributed by atoms with Gasteiger partial charge < -0.3 is 16.6 Å². The molecule has 5 N–H and O–H groups in total. The van der Waals surface area contributed by atoms with Crippen molar-refractivity contribution in [3.63, 3.8) is 0 Å². The van der Waals surface area contributed by atoms with Gasteiger partial charge in [-0.1, -0.05) is 71.1 Å². The van der Waals surface area contributed by atoms with Crippen LogP contribution in [-0.4, -0.2) is 28.3 Å². The Morgan fingerprint density at radius 1 is 0.800 bits per heavy atom. The standard InChI is InChI=1S/C19H36N2O4/c1-2-3-4-5-6-7-8-9-10-11-12-13-16(22)19(21,18(24)25)15-14-17(20)23/h2-15,21H2,1H3,(H2,20,23)(H,24,25)/t19-/m0/s1. The lowest BCUT2D eigenvalue weighted by Gasteiger charge is -2.22. The molecule has 6 heteroatoms. The number of carboxylic acid groups (broad SMARTS) is 1. The summed E-state index contributed by atoms with van der Waals surface area (Å²) in [5.74, 6) is -2.56. The minimum Gasteiger partial charge on any atom is -0.480 e. The topological polar surface area (TPSA) is 123 Å². The zero-order valence-electron chi connectivity index (χ0n) is 15.7. The number of rotatable bonds is 17. The lowest BCUT2D eigenvalue weighted by atomic mass is 9.87. The third kappa shape index (κ3) is 10.9. The Kier molecular flexibility index (Phi) is 13.0. The van der Waals surface area contributed by atoms with Gasteiger partial charge in [0.05, 0.1) is 0 Å². The summed E-state index contributed by atoms with van der Waals surface area (Å²) in [7, 11) is 0. The molecule has 0 heterocycles. The molecule has 1 atom stereocenters. The number of nitrogens with two attached hydrogens (primary N) is 2. The minimum absolute atomic E-state index is 0.137. The molecule has 0 rings (SSSR count). The van der Waals surface area contributed by atoms with Crippen LogP contribution < -0.4 is 11.5 Å². The van der Waals surface area contributed by atoms with Crippen LogP contribution in [0.2, 0.25) is 0 Å². The Balaban J connectivity index is 3.82. The molecular weight excluding hydrogens is 320 g/mol. The lowest BCUT2D eigenvalue weighted by Crippen LogP contribution is -2.55. The van der Waals surface area contributed by atoms with Crippen molar-refractivity contribution in [2.45, 2.75) is 102 Å². The van der Waals surface area contributed by atoms with E-state index in [1.165, 1.54) is 44.9 Å². The van der Waals surface area contributed by atoms with Gasteiger partial charge in [-0.05, 0) is 12.8 Å². The lowest BCUT2D eigenvalue weighted by molar-refractivity contribution is -0.148. The second-order valence-corrected chi connectivity index (χ2v) is 6.95. The molecule has 0 aromatic heterocycles. The van der Waals surface area contributed by atoms with E-state index >= 15 is 0 Å². The number of carboxylic acids is 1. The van der Waals surface area contributed by atoms with E-state index in [9.17, 15) is 19.5 Å². The highest BCUT2D eigenvalue weighted by molar-refractivity contribution is 6.07. The van der Waals surface area contributed by atoms with Crippen molar-refractivity contribution in [2.24, 2.45) is 11.5 Å². The molecule has 25 heavy (non-hydrogen) atoms. The fourth-order valence-electron chi connectivity index (χ4n) is 2.86. The number of ketones is 1. The van der Waals surface area contributed by atoms with Gasteiger partial charge in [0.1, 0.15) is 0 Å². The summed E-state index contributed by atoms with van der Waals surface area (Å²) in [6, 6.07) is 0. The van der Waals surface area contributed by atoms with Crippen molar-refractivity contribution in [2.75, 3.05) is 0 Å². The summed E-state index contributed by atoms with van der Waals surface area (Å²) < 4.78 is 0. The van der Waals surface area contributed by atoms with Crippen LogP contribution in [0.25, 0.3) is 0 Å². The largest absolute Gasteiger partial charge is 0.480 e. The third-order valence-corrected chi connectivity index (χ3v) is 4.65. The smallest absolute Gasteiger partial charge is 0.331 e. The third-order valence-electron chi connectivity index (χ3n) is 4.65. The van der Waals surface area contributed by atoms with E-state index in [4.69, 9.17) is 11.5 Å². The first-order valence-corrected chi connectivity index (χ1v) is 9.68. The molecule has 1 amide bonds. The molecule has 0 radical (unpaired) electrons. The average Bonchev–Trinajstić information content (AvgIpc) is 2.57. The molecule has 0 aliphatic carbocycles. The van der Waals surface area contributed by atoms with Crippen molar-refractivity contribution in [1.29, 1.82) is 0 Å². The van der Waals surface area contributed by atoms with E-state index in [1.54, 1.807) is 0 Å². The van der Waals surface area contributed by atoms with E-state index in [2.05, 4.69) is 6.92 Å². The average molecular weight is 357 g/mol. The first-order valence-electron chi connectivity index (χ1n) is 9.68. The second-order valence-electron chi connectivity index (χ2n) is 6.95. The number of Topliss-reactive ketones (excluding diaryl/α,β-unsaturated/α-hetero) is 1. The summed E-state index contributed by atoms with van der Waals surface area (Å²) in [5.41, 5.74) is 8.73. The molecule has 0 spiro atoms. The number of primary amides is 1. The monoisotopic (exact) mass is 356 g/mol. The van der Waals surface area contributed by atoms with E-state index in [1.807, 2.05) is 0 Å². The number of amides is 1. The number of aliphatic carboxylic acids is 1. The highest BCUT2D eigenvalue weighted by atomic mass is 16.4. The summed E-state index contributed by atoms with van der Waals surface area (Å²) in [4.78, 5) is 34.2. The van der Waals surface area contributed by atoms with Crippen LogP contribution in [0.3, 0.4) is 0 Å². The van der Waals surface area contributed by atoms with Gasteiger partial charge in [0.15, 0.2) is 11.3 Å². The maximum absolute atomic E-state index is 12.1. The molecule has 0 aromatic carbocycles. The molecule has 6 nitrogen and oxygen atoms in total. The SMILES string of the molecule is CCCCCCCCCCCCCC(=O)[C@@](N)(CCC(N)=O)C(=O)O. The highest BCUT2D eigenvalue weighted by Gasteiger charge is 2.41. The molecule has 0 saturated carbocycles. The zero-order chi connectivity index (χ0) is 19.1. The normalized spacial score (nSPS) is 13.4. The maximum atomic E-state index is 12.1. The fourth-order valence-corrected chi connectivity index (χ4v) is 2.86. The number of unbranched alkanes of at least 4 members (excludes halogenated alkanes) is 10. The number of carbonyl (C=O) groups is 3. The van der Waals surface area contributed by atoms with Crippen molar-refractivity contribution in [3.05, 3.63) is 0 Å². The summed E-state index contributed by atoms with van der Waals surface area (Å²) >= 11 is 0. The Morgan fingerprint density at radius 2 is 1.24 bits per heavy atom. The van der Waals surface area contributed by atoms with Gasteiger partial charge in [-0.2, -0.15) is 0 Å². The minimum atomic E-state index is -1.99. The van der Waals surface area contributed by atoms with Crippen LogP contribution >= 0.6 is 0 Å². The van der Waals surface area contributed by atoms with Crippen LogP contribution in [0.5, 0.6) is 0 Å². The Labute approximate surface area is 151 Å². The quantitative estimate of drug-likeness (QED) is 0.272. The summed E-state index contributed by atoms with van der Waals surface area (Å²) in [6.07, 6.45) is 12.5. The van der Waals surface area contributed by atoms with E-state index < -0.39 is 23.2 Å². The highest BCUT2D eigenvalue weighted by Crippen LogP contribution is 2.17. The molecule has 0 aliphatic heterocycles. The Morgan fingerprint density at radius 3 is 1.64 bits per heavy atom. The molecule has 0 aromatic rings. The molecule has 146 valence electrons. The Hall–Kier alpha value is -1.43. The maximum Gasteiger partial charge on any atom is 0.331 e. The van der Waals surface area contributed by atoms with Crippen molar-refractivity contribution in [3.8, 4) is 0 Å². The van der Waals surface area contributed by atoms with Crippen LogP contribution in [0.1, 0.15) is 96.8 Å². The van der Waals surface area contributed by atoms with E-state index in [-0.39, 0.29) is 19.3 Å². The first-order chi connectivity index (χ1) is 11.8. The van der Waals surface area contributed by atoms with Crippen LogP contribution in [0.4, 0.5) is 0 Å². The van der Waals surface area contributed by atoms with E-state index in [0.29, 0.717) is 6.42 Å². The molecule has 0 bridgehead atoms. The summed E-state index contributed by atoms with van der Waals surface area (Å²) in [6.45, 7) is 2.22. The second kappa shape index (κ2) is 13.8. The predicted octanol–water partition coefficient (Wildman–Crippen LogP) is 3.30. The van der Waals surface area contributed by atoms with Gasteiger partial charge in [0, 0.05) is 12.8 Å². The van der Waals surface area contributed by atoms with Gasteiger partial charge >= 0.3 is 5.97 Å². The Bertz CT molecular complexity index is 412. The number of carbonyl (C=O) groups excluding carboxylic acids is 2. The van der Waals surface area contributed by atoms with Crippen LogP contribution in [0, 0.1) is 0 Å². The van der Waals surface area contributed by atoms with Gasteiger partial charge in [-0.3, -0.25) is 9.59 Å². The van der Waals surface area contributed by atoms with Crippen LogP contribution in [-0.2, 0) is 14.4 Å². The van der Waals surface area contributed by atoms with Crippen LogP contribution in [0.15, 0.2) is 0 Å². The van der Waals surface area contributed by atoms with E-state index in [0.717, 1.165) is 19.3 Å². The van der Waals surface area contributed by atoms with Crippen molar-refractivity contribution in [1.82, 2.24) is 0 Å². The predicted molar refractivity (Wildman–Crippen MR) is 99.1 cm³/mol. The number of hydrogen-bond acceptors (Lipinski definition) is 4. The van der Waals surface area contributed by atoms with Gasteiger partial charge in [-0.25, -0.2) is 4.79 Å². The van der Waals surface area contributed by atoms with Gasteiger partial charge in [-0.15, -0.1) is 0 Å². The number of hydrogen-bond donors (Lipinski definition) is 3. The molecule has 0 fully saturated rings. The van der Waals surface area contributed by atoms with Crippen molar-refractivity contribution >= 4 is 17.7 Å². The molecule has 0 unspecified atom stereocenters. The van der Waals surface area contributed by atoms with Crippen molar-refractivity contribution < 1.29 is 19.5 Å². The zero-order valence-corrected chi connectivity index (χ0v) is 15.7. The molecule has 0 aliphatic rings. The summed E-state index contributed by atoms with van der Waals surface area (Å²) in [5, 5.41) is 9.20. The first kappa shape index (κ1) is 23.6. The molecular formula is C19H36N2O4. The fraction of sp³-hybridized carbons (Fsp3) is 0.842.